The van der Waals surface area contributed by atoms with Gasteiger partial charge in [-0.15, -0.1) is 0 Å². The molecule has 0 unspecified atom stereocenters. The van der Waals surface area contributed by atoms with Crippen LogP contribution in [0.15, 0.2) is 30.3 Å². The van der Waals surface area contributed by atoms with Crippen molar-refractivity contribution >= 4 is 5.97 Å². The number of fused-ring (bicyclic) bond motifs is 2. The minimum absolute atomic E-state index is 0.0444. The van der Waals surface area contributed by atoms with Gasteiger partial charge in [0.1, 0.15) is 6.10 Å². The maximum Gasteiger partial charge on any atom is 0.302 e. The van der Waals surface area contributed by atoms with E-state index in [9.17, 15) is 4.79 Å². The Kier molecular flexibility index (Phi) is 3.56. The zero-order valence-corrected chi connectivity index (χ0v) is 11.1. The highest BCUT2D eigenvalue weighted by Crippen LogP contribution is 2.47. The van der Waals surface area contributed by atoms with Crippen molar-refractivity contribution in [1.29, 1.82) is 0 Å². The minimum Gasteiger partial charge on any atom is -0.462 e. The molecule has 101 valence electrons. The van der Waals surface area contributed by atoms with Crippen LogP contribution < -0.4 is 0 Å². The molecule has 2 aliphatic carbocycles. The highest BCUT2D eigenvalue weighted by atomic mass is 16.5. The number of benzene rings is 1. The molecular weight excluding hydrogens is 240 g/mol. The van der Waals surface area contributed by atoms with E-state index in [1.54, 1.807) is 0 Å². The highest BCUT2D eigenvalue weighted by molar-refractivity contribution is 5.66. The fourth-order valence-corrected chi connectivity index (χ4v) is 3.27. The van der Waals surface area contributed by atoms with E-state index in [2.05, 4.69) is 18.6 Å². The minimum atomic E-state index is -0.199. The molecule has 1 aromatic rings. The van der Waals surface area contributed by atoms with Gasteiger partial charge in [-0.05, 0) is 24.3 Å². The van der Waals surface area contributed by atoms with Crippen LogP contribution in [0.1, 0.15) is 25.3 Å². The Morgan fingerprint density at radius 2 is 2.05 bits per heavy atom. The third kappa shape index (κ3) is 2.81. The van der Waals surface area contributed by atoms with Crippen molar-refractivity contribution in [2.75, 3.05) is 0 Å². The Morgan fingerprint density at radius 3 is 2.74 bits per heavy atom. The molecule has 2 bridgehead atoms. The van der Waals surface area contributed by atoms with Crippen molar-refractivity contribution in [3.8, 4) is 0 Å². The number of hydrogen-bond donors (Lipinski definition) is 0. The van der Waals surface area contributed by atoms with Crippen molar-refractivity contribution in [2.45, 2.75) is 38.6 Å². The van der Waals surface area contributed by atoms with Crippen molar-refractivity contribution in [3.63, 3.8) is 0 Å². The second-order valence-corrected chi connectivity index (χ2v) is 5.50. The smallest absolute Gasteiger partial charge is 0.302 e. The molecule has 2 fully saturated rings. The van der Waals surface area contributed by atoms with Gasteiger partial charge in [-0.1, -0.05) is 30.3 Å². The standard InChI is InChI=1S/C16H19O3/c1-11(17)19-16-9-13-7-14(16)15(8-13)18-10-12-5-3-2-4-6-12/h2-6,9,13-16H,7-8,10H2,1H3/t13-,14+,15+,16-/m0/s1. The maximum absolute atomic E-state index is 11.1. The molecule has 3 rings (SSSR count). The predicted octanol–water partition coefficient (Wildman–Crippen LogP) is 2.75. The Morgan fingerprint density at radius 1 is 1.26 bits per heavy atom. The van der Waals surface area contributed by atoms with Crippen molar-refractivity contribution in [2.24, 2.45) is 11.8 Å². The van der Waals surface area contributed by atoms with Crippen LogP contribution in [0.3, 0.4) is 0 Å². The third-order valence-corrected chi connectivity index (χ3v) is 4.08. The second kappa shape index (κ2) is 5.33. The van der Waals surface area contributed by atoms with Crippen LogP contribution in [0.5, 0.6) is 0 Å². The van der Waals surface area contributed by atoms with Gasteiger partial charge in [-0.2, -0.15) is 0 Å². The van der Waals surface area contributed by atoms with Crippen molar-refractivity contribution in [3.05, 3.63) is 42.3 Å². The van der Waals surface area contributed by atoms with Gasteiger partial charge in [0.2, 0.25) is 0 Å². The fourth-order valence-electron chi connectivity index (χ4n) is 3.27. The van der Waals surface area contributed by atoms with Crippen LogP contribution in [0.2, 0.25) is 0 Å². The molecule has 3 heteroatoms. The molecule has 2 saturated carbocycles. The summed E-state index contributed by atoms with van der Waals surface area (Å²) in [4.78, 5) is 11.1. The number of carbonyl (C=O) groups excluding carboxylic acids is 1. The third-order valence-electron chi connectivity index (χ3n) is 4.08. The van der Waals surface area contributed by atoms with Crippen LogP contribution in [0, 0.1) is 18.3 Å². The van der Waals surface area contributed by atoms with E-state index in [4.69, 9.17) is 9.47 Å². The summed E-state index contributed by atoms with van der Waals surface area (Å²) in [6.07, 6.45) is 4.51. The summed E-state index contributed by atoms with van der Waals surface area (Å²) in [6, 6.07) is 10.2. The van der Waals surface area contributed by atoms with Gasteiger partial charge in [-0.3, -0.25) is 4.79 Å². The molecule has 2 aliphatic rings. The molecular formula is C16H19O3. The number of carbonyl (C=O) groups is 1. The highest BCUT2D eigenvalue weighted by Gasteiger charge is 2.48. The van der Waals surface area contributed by atoms with Crippen LogP contribution >= 0.6 is 0 Å². The van der Waals surface area contributed by atoms with Gasteiger partial charge in [0.25, 0.3) is 0 Å². The normalized spacial score (nSPS) is 32.5. The molecule has 0 heterocycles. The van der Waals surface area contributed by atoms with E-state index in [-0.39, 0.29) is 18.2 Å². The van der Waals surface area contributed by atoms with E-state index in [1.165, 1.54) is 12.5 Å². The lowest BCUT2D eigenvalue weighted by molar-refractivity contribution is -0.149. The number of hydrogen-bond acceptors (Lipinski definition) is 3. The molecule has 0 N–H and O–H groups in total. The molecule has 0 amide bonds. The van der Waals surface area contributed by atoms with Crippen LogP contribution in [-0.4, -0.2) is 18.2 Å². The SMILES string of the molecule is CC(=O)O[C@H]1[CH][C@H]2C[C@@H]1[C@H](OCc1ccccc1)C2. The second-order valence-electron chi connectivity index (χ2n) is 5.50. The number of ether oxygens (including phenoxy) is 2. The van der Waals surface area contributed by atoms with E-state index in [1.807, 2.05) is 18.2 Å². The van der Waals surface area contributed by atoms with E-state index in [0.29, 0.717) is 18.4 Å². The average molecular weight is 259 g/mol. The van der Waals surface area contributed by atoms with Crippen LogP contribution in [0.25, 0.3) is 0 Å². The Hall–Kier alpha value is -1.35. The molecule has 0 saturated heterocycles. The van der Waals surface area contributed by atoms with E-state index < -0.39 is 0 Å². The summed E-state index contributed by atoms with van der Waals surface area (Å²) in [6.45, 7) is 2.11. The van der Waals surface area contributed by atoms with Gasteiger partial charge in [0.15, 0.2) is 0 Å². The van der Waals surface area contributed by atoms with Crippen molar-refractivity contribution < 1.29 is 14.3 Å². The molecule has 1 radical (unpaired) electrons. The summed E-state index contributed by atoms with van der Waals surface area (Å²) in [7, 11) is 0. The van der Waals surface area contributed by atoms with Gasteiger partial charge in [-0.25, -0.2) is 0 Å². The van der Waals surface area contributed by atoms with Gasteiger partial charge in [0.05, 0.1) is 12.7 Å². The Labute approximate surface area is 113 Å². The first-order valence-electron chi connectivity index (χ1n) is 6.90. The van der Waals surface area contributed by atoms with Gasteiger partial charge >= 0.3 is 5.97 Å². The summed E-state index contributed by atoms with van der Waals surface area (Å²) in [5, 5.41) is 0. The molecule has 4 atom stereocenters. The maximum atomic E-state index is 11.1. The number of rotatable bonds is 4. The van der Waals surface area contributed by atoms with Gasteiger partial charge in [0, 0.05) is 19.3 Å². The zero-order chi connectivity index (χ0) is 13.2. The van der Waals surface area contributed by atoms with Gasteiger partial charge < -0.3 is 9.47 Å². The molecule has 0 aliphatic heterocycles. The predicted molar refractivity (Wildman–Crippen MR) is 71.1 cm³/mol. The molecule has 0 spiro atoms. The van der Waals surface area contributed by atoms with Crippen molar-refractivity contribution in [1.82, 2.24) is 0 Å². The number of esters is 1. The average Bonchev–Trinajstić information content (AvgIpc) is 2.96. The summed E-state index contributed by atoms with van der Waals surface area (Å²) < 4.78 is 11.4. The first-order chi connectivity index (χ1) is 9.22. The lowest BCUT2D eigenvalue weighted by atomic mass is 9.94. The quantitative estimate of drug-likeness (QED) is 0.780. The lowest BCUT2D eigenvalue weighted by Gasteiger charge is -2.28. The van der Waals surface area contributed by atoms with Crippen LogP contribution in [-0.2, 0) is 20.9 Å². The first-order valence-corrected chi connectivity index (χ1v) is 6.90. The molecule has 0 aromatic heterocycles. The lowest BCUT2D eigenvalue weighted by Crippen LogP contribution is -2.34. The Balaban J connectivity index is 1.56. The van der Waals surface area contributed by atoms with Crippen LogP contribution in [0.4, 0.5) is 0 Å². The Bertz CT molecular complexity index is 443. The fraction of sp³-hybridized carbons (Fsp3) is 0.500. The summed E-state index contributed by atoms with van der Waals surface area (Å²) >= 11 is 0. The molecule has 1 aromatic carbocycles. The zero-order valence-electron chi connectivity index (χ0n) is 11.1. The molecule has 19 heavy (non-hydrogen) atoms. The molecule has 3 nitrogen and oxygen atoms in total. The first kappa shape index (κ1) is 12.7. The topological polar surface area (TPSA) is 35.5 Å². The summed E-state index contributed by atoms with van der Waals surface area (Å²) in [5.74, 6) is 0.698. The largest absolute Gasteiger partial charge is 0.462 e. The monoisotopic (exact) mass is 259 g/mol. The van der Waals surface area contributed by atoms with E-state index in [0.717, 1.165) is 12.8 Å². The summed E-state index contributed by atoms with van der Waals surface area (Å²) in [5.41, 5.74) is 1.19. The van der Waals surface area contributed by atoms with E-state index >= 15 is 0 Å².